The second kappa shape index (κ2) is 6.80. The predicted molar refractivity (Wildman–Crippen MR) is 98.7 cm³/mol. The third-order valence-corrected chi connectivity index (χ3v) is 5.33. The zero-order valence-corrected chi connectivity index (χ0v) is 15.8. The molecule has 0 unspecified atom stereocenters. The fourth-order valence-electron chi connectivity index (χ4n) is 3.27. The number of hydrogen-bond acceptors (Lipinski definition) is 6. The number of anilines is 1. The van der Waals surface area contributed by atoms with Crippen LogP contribution in [0.2, 0.25) is 0 Å². The van der Waals surface area contributed by atoms with Crippen molar-refractivity contribution in [3.63, 3.8) is 0 Å². The highest BCUT2D eigenvalue weighted by Crippen LogP contribution is 2.38. The Labute approximate surface area is 156 Å². The van der Waals surface area contributed by atoms with Gasteiger partial charge in [0.1, 0.15) is 11.7 Å². The number of carbonyl (C=O) groups is 1. The molecule has 1 aliphatic carbocycles. The number of aromatic nitrogens is 3. The first-order valence-electron chi connectivity index (χ1n) is 9.20. The molecular weight excluding hydrogens is 348 g/mol. The molecule has 0 aromatic carbocycles. The molecule has 9 heteroatoms. The van der Waals surface area contributed by atoms with E-state index in [0.29, 0.717) is 37.1 Å². The number of amides is 2. The van der Waals surface area contributed by atoms with Crippen LogP contribution in [0.4, 0.5) is 10.5 Å². The maximum absolute atomic E-state index is 12.8. The summed E-state index contributed by atoms with van der Waals surface area (Å²) in [7, 11) is 3.65. The van der Waals surface area contributed by atoms with Gasteiger partial charge in [-0.05, 0) is 38.4 Å². The second-order valence-electron chi connectivity index (χ2n) is 7.43. The van der Waals surface area contributed by atoms with Crippen LogP contribution in [-0.2, 0) is 7.05 Å². The molecule has 0 bridgehead atoms. The molecule has 2 aromatic rings. The number of aryl methyl sites for hydroxylation is 2. The lowest BCUT2D eigenvalue weighted by molar-refractivity contribution is 0.0960. The predicted octanol–water partition coefficient (Wildman–Crippen LogP) is 1.47. The van der Waals surface area contributed by atoms with Crippen LogP contribution in [-0.4, -0.2) is 57.2 Å². The van der Waals surface area contributed by atoms with Gasteiger partial charge in [-0.3, -0.25) is 9.69 Å². The van der Waals surface area contributed by atoms with Crippen LogP contribution in [0.5, 0.6) is 0 Å². The third-order valence-electron chi connectivity index (χ3n) is 5.33. The number of rotatable bonds is 3. The van der Waals surface area contributed by atoms with E-state index in [-0.39, 0.29) is 17.6 Å². The number of hydrogen-bond donors (Lipinski definition) is 1. The van der Waals surface area contributed by atoms with E-state index in [0.717, 1.165) is 24.2 Å². The Balaban J connectivity index is 1.49. The van der Waals surface area contributed by atoms with Crippen LogP contribution < -0.4 is 10.9 Å². The molecule has 144 valence electrons. The zero-order valence-electron chi connectivity index (χ0n) is 15.8. The van der Waals surface area contributed by atoms with Crippen LogP contribution in [0, 0.1) is 6.92 Å². The minimum atomic E-state index is -0.290. The summed E-state index contributed by atoms with van der Waals surface area (Å²) in [5, 5.41) is 6.86. The van der Waals surface area contributed by atoms with Gasteiger partial charge in [-0.2, -0.15) is 4.98 Å². The van der Waals surface area contributed by atoms with Crippen molar-refractivity contribution in [1.29, 1.82) is 0 Å². The first-order valence-corrected chi connectivity index (χ1v) is 9.20. The molecule has 1 saturated carbocycles. The SMILES string of the molecule is Cc1ccn(C)c(=O)c1NC(=O)N1CCN(C)[C@H](c2nc(C3CC3)no2)C1. The van der Waals surface area contributed by atoms with Crippen LogP contribution in [0.15, 0.2) is 21.6 Å². The Morgan fingerprint density at radius 2 is 2.07 bits per heavy atom. The Morgan fingerprint density at radius 3 is 2.81 bits per heavy atom. The highest BCUT2D eigenvalue weighted by atomic mass is 16.5. The normalized spacial score (nSPS) is 20.7. The molecular formula is C18H24N6O3. The molecule has 1 atom stereocenters. The van der Waals surface area contributed by atoms with Gasteiger partial charge in [0.25, 0.3) is 5.56 Å². The molecule has 1 N–H and O–H groups in total. The van der Waals surface area contributed by atoms with Gasteiger partial charge in [0.2, 0.25) is 5.89 Å². The van der Waals surface area contributed by atoms with E-state index in [1.165, 1.54) is 4.57 Å². The summed E-state index contributed by atoms with van der Waals surface area (Å²) in [6.45, 7) is 3.49. The summed E-state index contributed by atoms with van der Waals surface area (Å²) in [5.74, 6) is 1.74. The molecule has 0 spiro atoms. The fraction of sp³-hybridized carbons (Fsp3) is 0.556. The average molecular weight is 372 g/mol. The molecule has 2 aliphatic rings. The number of carbonyl (C=O) groups excluding carboxylic acids is 1. The highest BCUT2D eigenvalue weighted by molar-refractivity contribution is 5.90. The lowest BCUT2D eigenvalue weighted by Gasteiger charge is -2.37. The number of urea groups is 1. The van der Waals surface area contributed by atoms with Crippen molar-refractivity contribution >= 4 is 11.7 Å². The number of piperazine rings is 1. The smallest absolute Gasteiger partial charge is 0.322 e. The maximum Gasteiger partial charge on any atom is 0.322 e. The van der Waals surface area contributed by atoms with E-state index < -0.39 is 0 Å². The molecule has 4 rings (SSSR count). The molecule has 1 aliphatic heterocycles. The number of likely N-dealkylation sites (N-methyl/N-ethyl adjacent to an activating group) is 1. The van der Waals surface area contributed by atoms with Crippen molar-refractivity contribution in [2.75, 3.05) is 32.0 Å². The standard InChI is InChI=1S/C18H24N6O3/c1-11-6-7-23(3)17(25)14(11)19-18(26)24-9-8-22(2)13(10-24)16-20-15(21-27-16)12-4-5-12/h6-7,12-13H,4-5,8-10H2,1-3H3,(H,19,26)/t13-/m0/s1. The summed E-state index contributed by atoms with van der Waals surface area (Å²) in [6, 6.07) is 1.37. The molecule has 27 heavy (non-hydrogen) atoms. The molecule has 2 aromatic heterocycles. The van der Waals surface area contributed by atoms with E-state index in [1.807, 2.05) is 20.0 Å². The van der Waals surface area contributed by atoms with E-state index in [2.05, 4.69) is 20.4 Å². The van der Waals surface area contributed by atoms with E-state index >= 15 is 0 Å². The van der Waals surface area contributed by atoms with Crippen molar-refractivity contribution in [1.82, 2.24) is 24.5 Å². The second-order valence-corrected chi connectivity index (χ2v) is 7.43. The zero-order chi connectivity index (χ0) is 19.1. The van der Waals surface area contributed by atoms with Crippen molar-refractivity contribution in [3.8, 4) is 0 Å². The Kier molecular flexibility index (Phi) is 4.47. The van der Waals surface area contributed by atoms with Crippen LogP contribution in [0.25, 0.3) is 0 Å². The average Bonchev–Trinajstić information content (AvgIpc) is 3.39. The van der Waals surface area contributed by atoms with Gasteiger partial charge < -0.3 is 19.3 Å². The summed E-state index contributed by atoms with van der Waals surface area (Å²) in [4.78, 5) is 33.4. The van der Waals surface area contributed by atoms with Gasteiger partial charge in [0.05, 0.1) is 0 Å². The minimum Gasteiger partial charge on any atom is -0.338 e. The van der Waals surface area contributed by atoms with Crippen LogP contribution in [0.3, 0.4) is 0 Å². The summed E-state index contributed by atoms with van der Waals surface area (Å²) >= 11 is 0. The first-order chi connectivity index (χ1) is 12.9. The molecule has 0 radical (unpaired) electrons. The van der Waals surface area contributed by atoms with Crippen molar-refractivity contribution < 1.29 is 9.32 Å². The largest absolute Gasteiger partial charge is 0.338 e. The fourth-order valence-corrected chi connectivity index (χ4v) is 3.27. The van der Waals surface area contributed by atoms with Crippen LogP contribution >= 0.6 is 0 Å². The number of nitrogens with one attached hydrogen (secondary N) is 1. The number of pyridine rings is 1. The van der Waals surface area contributed by atoms with Crippen molar-refractivity contribution in [3.05, 3.63) is 39.9 Å². The molecule has 9 nitrogen and oxygen atoms in total. The quantitative estimate of drug-likeness (QED) is 0.877. The topological polar surface area (TPSA) is 96.5 Å². The highest BCUT2D eigenvalue weighted by Gasteiger charge is 2.35. The van der Waals surface area contributed by atoms with Gasteiger partial charge in [-0.1, -0.05) is 5.16 Å². The lowest BCUT2D eigenvalue weighted by Crippen LogP contribution is -2.50. The molecule has 3 heterocycles. The molecule has 1 saturated heterocycles. The Bertz CT molecular complexity index is 916. The van der Waals surface area contributed by atoms with E-state index in [4.69, 9.17) is 4.52 Å². The van der Waals surface area contributed by atoms with Crippen LogP contribution in [0.1, 0.15) is 42.1 Å². The summed E-state index contributed by atoms with van der Waals surface area (Å²) in [5.41, 5.74) is 0.831. The third kappa shape index (κ3) is 3.46. The summed E-state index contributed by atoms with van der Waals surface area (Å²) in [6.07, 6.45) is 3.91. The monoisotopic (exact) mass is 372 g/mol. The van der Waals surface area contributed by atoms with Gasteiger partial charge in [0, 0.05) is 38.8 Å². The van der Waals surface area contributed by atoms with Gasteiger partial charge in [-0.25, -0.2) is 4.79 Å². The minimum absolute atomic E-state index is 0.149. The lowest BCUT2D eigenvalue weighted by atomic mass is 10.2. The maximum atomic E-state index is 12.8. The van der Waals surface area contributed by atoms with Gasteiger partial charge in [-0.15, -0.1) is 0 Å². The van der Waals surface area contributed by atoms with E-state index in [9.17, 15) is 9.59 Å². The molecule has 2 fully saturated rings. The Morgan fingerprint density at radius 1 is 1.30 bits per heavy atom. The first kappa shape index (κ1) is 17.7. The van der Waals surface area contributed by atoms with Crippen molar-refractivity contribution in [2.24, 2.45) is 7.05 Å². The van der Waals surface area contributed by atoms with Crippen molar-refractivity contribution in [2.45, 2.75) is 31.7 Å². The van der Waals surface area contributed by atoms with E-state index in [1.54, 1.807) is 18.1 Å². The Hall–Kier alpha value is -2.68. The molecule has 2 amide bonds. The van der Waals surface area contributed by atoms with Gasteiger partial charge in [0.15, 0.2) is 5.82 Å². The van der Waals surface area contributed by atoms with Gasteiger partial charge >= 0.3 is 6.03 Å². The number of nitrogens with zero attached hydrogens (tertiary/aromatic N) is 5. The summed E-state index contributed by atoms with van der Waals surface area (Å²) < 4.78 is 6.91.